The predicted octanol–water partition coefficient (Wildman–Crippen LogP) is 6.40. The molecule has 4 nitrogen and oxygen atoms in total. The van der Waals surface area contributed by atoms with Crippen LogP contribution < -0.4 is 5.32 Å². The standard InChI is InChI=1S/C25H26BrFN2O2/c1-4-5-18(22-14-20(26)8-7-17(22)3)10-11-28-25(30)24-15-21(31-29-24)13-19-12-16(2)6-9-23(19)27/h5-9,12,14-15H,4,10-11,13H2,1-3H3,(H,28,30)/b18-5-. The van der Waals surface area contributed by atoms with E-state index in [1.807, 2.05) is 13.0 Å². The first-order valence-corrected chi connectivity index (χ1v) is 11.1. The molecule has 162 valence electrons. The molecule has 1 heterocycles. The summed E-state index contributed by atoms with van der Waals surface area (Å²) in [5, 5.41) is 6.75. The van der Waals surface area contributed by atoms with Crippen molar-refractivity contribution >= 4 is 27.4 Å². The molecule has 1 aromatic heterocycles. The number of amides is 1. The summed E-state index contributed by atoms with van der Waals surface area (Å²) in [6.45, 7) is 6.56. The molecule has 31 heavy (non-hydrogen) atoms. The Morgan fingerprint density at radius 2 is 2.00 bits per heavy atom. The Morgan fingerprint density at radius 3 is 2.77 bits per heavy atom. The van der Waals surface area contributed by atoms with Gasteiger partial charge in [-0.25, -0.2) is 4.39 Å². The molecule has 1 amide bonds. The topological polar surface area (TPSA) is 55.1 Å². The maximum absolute atomic E-state index is 14.0. The van der Waals surface area contributed by atoms with Gasteiger partial charge in [0.2, 0.25) is 0 Å². The van der Waals surface area contributed by atoms with Crippen LogP contribution in [0.25, 0.3) is 5.57 Å². The number of carbonyl (C=O) groups excluding carboxylic acids is 1. The quantitative estimate of drug-likeness (QED) is 0.402. The van der Waals surface area contributed by atoms with E-state index in [1.165, 1.54) is 22.8 Å². The van der Waals surface area contributed by atoms with Crippen LogP contribution in [0.4, 0.5) is 4.39 Å². The minimum atomic E-state index is -0.304. The van der Waals surface area contributed by atoms with Gasteiger partial charge >= 0.3 is 0 Å². The van der Waals surface area contributed by atoms with E-state index in [-0.39, 0.29) is 23.8 Å². The van der Waals surface area contributed by atoms with E-state index in [1.54, 1.807) is 18.2 Å². The number of hydrogen-bond acceptors (Lipinski definition) is 3. The zero-order chi connectivity index (χ0) is 22.4. The molecule has 0 atom stereocenters. The molecule has 0 aliphatic rings. The van der Waals surface area contributed by atoms with Crippen molar-refractivity contribution in [2.45, 2.75) is 40.0 Å². The summed E-state index contributed by atoms with van der Waals surface area (Å²) < 4.78 is 20.3. The van der Waals surface area contributed by atoms with Crippen molar-refractivity contribution in [2.75, 3.05) is 6.54 Å². The number of allylic oxidation sites excluding steroid dienone is 1. The third kappa shape index (κ3) is 6.14. The highest BCUT2D eigenvalue weighted by Crippen LogP contribution is 2.26. The van der Waals surface area contributed by atoms with E-state index < -0.39 is 0 Å². The molecule has 0 saturated carbocycles. The molecule has 6 heteroatoms. The summed E-state index contributed by atoms with van der Waals surface area (Å²) in [7, 11) is 0. The number of rotatable bonds is 8. The van der Waals surface area contributed by atoms with Gasteiger partial charge in [-0.15, -0.1) is 0 Å². The molecular weight excluding hydrogens is 459 g/mol. The van der Waals surface area contributed by atoms with Gasteiger partial charge in [0.15, 0.2) is 5.69 Å². The minimum Gasteiger partial charge on any atom is -0.360 e. The maximum atomic E-state index is 14.0. The molecule has 0 aliphatic carbocycles. The van der Waals surface area contributed by atoms with Crippen molar-refractivity contribution in [1.29, 1.82) is 0 Å². The van der Waals surface area contributed by atoms with Gasteiger partial charge in [-0.05, 0) is 67.2 Å². The van der Waals surface area contributed by atoms with E-state index in [0.717, 1.165) is 16.5 Å². The van der Waals surface area contributed by atoms with Crippen LogP contribution in [0.1, 0.15) is 58.3 Å². The molecule has 0 radical (unpaired) electrons. The second-order valence-electron chi connectivity index (χ2n) is 7.55. The van der Waals surface area contributed by atoms with E-state index >= 15 is 0 Å². The van der Waals surface area contributed by atoms with Crippen LogP contribution >= 0.6 is 15.9 Å². The number of benzene rings is 2. The highest BCUT2D eigenvalue weighted by atomic mass is 79.9. The van der Waals surface area contributed by atoms with Gasteiger partial charge in [-0.2, -0.15) is 0 Å². The number of halogens is 2. The minimum absolute atomic E-state index is 0.197. The van der Waals surface area contributed by atoms with Crippen LogP contribution in [0.5, 0.6) is 0 Å². The van der Waals surface area contributed by atoms with Crippen LogP contribution in [0.3, 0.4) is 0 Å². The fourth-order valence-corrected chi connectivity index (χ4v) is 3.83. The number of nitrogens with zero attached hydrogens (tertiary/aromatic N) is 1. The van der Waals surface area contributed by atoms with Gasteiger partial charge in [0, 0.05) is 23.5 Å². The Kier molecular flexibility index (Phi) is 7.80. The molecular formula is C25H26BrFN2O2. The zero-order valence-electron chi connectivity index (χ0n) is 18.0. The van der Waals surface area contributed by atoms with Gasteiger partial charge in [-0.1, -0.05) is 57.8 Å². The second kappa shape index (κ2) is 10.5. The monoisotopic (exact) mass is 484 g/mol. The van der Waals surface area contributed by atoms with Gasteiger partial charge < -0.3 is 9.84 Å². The van der Waals surface area contributed by atoms with Crippen molar-refractivity contribution < 1.29 is 13.7 Å². The predicted molar refractivity (Wildman–Crippen MR) is 125 cm³/mol. The Hall–Kier alpha value is -2.73. The van der Waals surface area contributed by atoms with E-state index in [9.17, 15) is 9.18 Å². The Labute approximate surface area is 190 Å². The summed E-state index contributed by atoms with van der Waals surface area (Å²) in [5.74, 6) is -0.154. The Balaban J connectivity index is 1.61. The SMILES string of the molecule is CC/C=C(/CCNC(=O)c1cc(Cc2cc(C)ccc2F)on1)c1cc(Br)ccc1C. The first-order chi connectivity index (χ1) is 14.9. The summed E-state index contributed by atoms with van der Waals surface area (Å²) in [6, 6.07) is 12.7. The lowest BCUT2D eigenvalue weighted by Gasteiger charge is -2.12. The summed E-state index contributed by atoms with van der Waals surface area (Å²) in [6.07, 6.45) is 4.05. The fraction of sp³-hybridized carbons (Fsp3) is 0.280. The average molecular weight is 485 g/mol. The van der Waals surface area contributed by atoms with Gasteiger partial charge in [-0.3, -0.25) is 4.79 Å². The number of hydrogen-bond donors (Lipinski definition) is 1. The molecule has 0 saturated heterocycles. The van der Waals surface area contributed by atoms with Crippen LogP contribution in [0.2, 0.25) is 0 Å². The second-order valence-corrected chi connectivity index (χ2v) is 8.47. The highest BCUT2D eigenvalue weighted by Gasteiger charge is 2.15. The normalized spacial score (nSPS) is 11.6. The molecule has 3 rings (SSSR count). The molecule has 1 N–H and O–H groups in total. The lowest BCUT2D eigenvalue weighted by molar-refractivity contribution is 0.0945. The lowest BCUT2D eigenvalue weighted by Crippen LogP contribution is -2.25. The van der Waals surface area contributed by atoms with Crippen LogP contribution in [-0.4, -0.2) is 17.6 Å². The number of aromatic nitrogens is 1. The van der Waals surface area contributed by atoms with Gasteiger partial charge in [0.05, 0.1) is 0 Å². The first kappa shape index (κ1) is 22.9. The summed E-state index contributed by atoms with van der Waals surface area (Å²) >= 11 is 3.53. The largest absolute Gasteiger partial charge is 0.360 e. The van der Waals surface area contributed by atoms with E-state index in [0.29, 0.717) is 24.3 Å². The van der Waals surface area contributed by atoms with Gasteiger partial charge in [0.1, 0.15) is 11.6 Å². The molecule has 2 aromatic carbocycles. The van der Waals surface area contributed by atoms with E-state index in [2.05, 4.69) is 58.5 Å². The van der Waals surface area contributed by atoms with Crippen LogP contribution in [0, 0.1) is 19.7 Å². The Morgan fingerprint density at radius 1 is 1.19 bits per heavy atom. The highest BCUT2D eigenvalue weighted by molar-refractivity contribution is 9.10. The van der Waals surface area contributed by atoms with Crippen molar-refractivity contribution in [3.63, 3.8) is 0 Å². The molecule has 0 aliphatic heterocycles. The molecule has 3 aromatic rings. The molecule has 0 spiro atoms. The van der Waals surface area contributed by atoms with Crippen molar-refractivity contribution in [3.05, 3.63) is 92.5 Å². The number of carbonyl (C=O) groups is 1. The number of nitrogens with one attached hydrogen (secondary N) is 1. The van der Waals surface area contributed by atoms with Crippen molar-refractivity contribution in [1.82, 2.24) is 10.5 Å². The molecule has 0 unspecified atom stereocenters. The van der Waals surface area contributed by atoms with Crippen molar-refractivity contribution in [3.8, 4) is 0 Å². The number of aryl methyl sites for hydroxylation is 2. The average Bonchev–Trinajstić information content (AvgIpc) is 3.20. The van der Waals surface area contributed by atoms with Crippen LogP contribution in [0.15, 0.2) is 57.5 Å². The zero-order valence-corrected chi connectivity index (χ0v) is 19.6. The summed E-state index contributed by atoms with van der Waals surface area (Å²) in [4.78, 5) is 12.5. The maximum Gasteiger partial charge on any atom is 0.273 e. The van der Waals surface area contributed by atoms with Gasteiger partial charge in [0.25, 0.3) is 5.91 Å². The van der Waals surface area contributed by atoms with E-state index in [4.69, 9.17) is 4.52 Å². The molecule has 0 fully saturated rings. The molecule has 0 bridgehead atoms. The Bertz CT molecular complexity index is 1100. The third-order valence-corrected chi connectivity index (χ3v) is 5.53. The third-order valence-electron chi connectivity index (χ3n) is 5.03. The lowest BCUT2D eigenvalue weighted by atomic mass is 9.97. The smallest absolute Gasteiger partial charge is 0.273 e. The van der Waals surface area contributed by atoms with Crippen molar-refractivity contribution in [2.24, 2.45) is 0 Å². The summed E-state index contributed by atoms with van der Waals surface area (Å²) in [5.41, 5.74) is 5.24. The first-order valence-electron chi connectivity index (χ1n) is 10.3. The van der Waals surface area contributed by atoms with Crippen LogP contribution in [-0.2, 0) is 6.42 Å². The fourth-order valence-electron chi connectivity index (χ4n) is 3.46.